The van der Waals surface area contributed by atoms with E-state index >= 15 is 0 Å². The number of nitrogens with one attached hydrogen (secondary N) is 2. The number of amides is 1. The molecule has 5 nitrogen and oxygen atoms in total. The van der Waals surface area contributed by atoms with Crippen molar-refractivity contribution in [2.75, 3.05) is 17.6 Å². The topological polar surface area (TPSA) is 80.0 Å². The van der Waals surface area contributed by atoms with Crippen molar-refractivity contribution < 1.29 is 4.79 Å². The van der Waals surface area contributed by atoms with Crippen LogP contribution in [0.15, 0.2) is 0 Å². The Morgan fingerprint density at radius 1 is 1.48 bits per heavy atom. The van der Waals surface area contributed by atoms with Gasteiger partial charge in [-0.3, -0.25) is 4.79 Å². The average Bonchev–Trinajstić information content (AvgIpc) is 3.20. The summed E-state index contributed by atoms with van der Waals surface area (Å²) in [7, 11) is 0. The SMILES string of the molecule is CCCCC(CC)CNc1snc(N)c1C(=O)NC1CC1. The van der Waals surface area contributed by atoms with E-state index in [0.717, 1.165) is 30.8 Å². The molecule has 0 bridgehead atoms. The number of aromatic nitrogens is 1. The van der Waals surface area contributed by atoms with E-state index in [9.17, 15) is 4.79 Å². The number of nitrogen functional groups attached to an aromatic ring is 1. The van der Waals surface area contributed by atoms with Crippen molar-refractivity contribution >= 4 is 28.3 Å². The zero-order valence-corrected chi connectivity index (χ0v) is 13.8. The highest BCUT2D eigenvalue weighted by Crippen LogP contribution is 2.29. The van der Waals surface area contributed by atoms with Crippen LogP contribution in [0.25, 0.3) is 0 Å². The number of unbranched alkanes of at least 4 members (excludes halogenated alkanes) is 1. The van der Waals surface area contributed by atoms with E-state index in [4.69, 9.17) is 5.73 Å². The van der Waals surface area contributed by atoms with Gasteiger partial charge < -0.3 is 16.4 Å². The number of anilines is 2. The summed E-state index contributed by atoms with van der Waals surface area (Å²) in [5.41, 5.74) is 6.38. The fourth-order valence-electron chi connectivity index (χ4n) is 2.31. The number of nitrogens with zero attached hydrogens (tertiary/aromatic N) is 1. The molecular weight excluding hydrogens is 284 g/mol. The van der Waals surface area contributed by atoms with Crippen molar-refractivity contribution in [2.24, 2.45) is 5.92 Å². The second-order valence-electron chi connectivity index (χ2n) is 5.82. The van der Waals surface area contributed by atoms with Gasteiger partial charge in [-0.1, -0.05) is 33.1 Å². The van der Waals surface area contributed by atoms with Gasteiger partial charge in [-0.2, -0.15) is 4.37 Å². The molecule has 1 unspecified atom stereocenters. The number of hydrogen-bond donors (Lipinski definition) is 3. The molecule has 1 aliphatic carbocycles. The summed E-state index contributed by atoms with van der Waals surface area (Å²) in [5, 5.41) is 7.17. The van der Waals surface area contributed by atoms with E-state index in [1.807, 2.05) is 0 Å². The van der Waals surface area contributed by atoms with Crippen LogP contribution in [0, 0.1) is 5.92 Å². The van der Waals surface area contributed by atoms with Crippen LogP contribution in [0.2, 0.25) is 0 Å². The number of hydrogen-bond acceptors (Lipinski definition) is 5. The molecule has 0 radical (unpaired) electrons. The van der Waals surface area contributed by atoms with Crippen LogP contribution >= 0.6 is 11.5 Å². The second kappa shape index (κ2) is 7.64. The molecule has 2 rings (SSSR count). The van der Waals surface area contributed by atoms with Crippen LogP contribution in [-0.4, -0.2) is 22.9 Å². The molecule has 4 N–H and O–H groups in total. The molecule has 1 aromatic heterocycles. The minimum atomic E-state index is -0.0899. The Kier molecular flexibility index (Phi) is 5.85. The smallest absolute Gasteiger partial charge is 0.258 e. The predicted molar refractivity (Wildman–Crippen MR) is 88.8 cm³/mol. The molecule has 1 amide bonds. The van der Waals surface area contributed by atoms with E-state index in [1.54, 1.807) is 0 Å². The first-order chi connectivity index (χ1) is 10.2. The van der Waals surface area contributed by atoms with Crippen LogP contribution in [0.5, 0.6) is 0 Å². The lowest BCUT2D eigenvalue weighted by Gasteiger charge is -2.15. The highest BCUT2D eigenvalue weighted by atomic mass is 32.1. The van der Waals surface area contributed by atoms with Gasteiger partial charge in [0.15, 0.2) is 5.82 Å². The zero-order valence-electron chi connectivity index (χ0n) is 12.9. The third-order valence-electron chi connectivity index (χ3n) is 3.95. The van der Waals surface area contributed by atoms with Crippen LogP contribution in [-0.2, 0) is 0 Å². The van der Waals surface area contributed by atoms with Gasteiger partial charge in [0.05, 0.1) is 0 Å². The van der Waals surface area contributed by atoms with Gasteiger partial charge in [0.2, 0.25) is 0 Å². The number of rotatable bonds is 9. The van der Waals surface area contributed by atoms with Crippen molar-refractivity contribution in [3.05, 3.63) is 5.56 Å². The Labute approximate surface area is 130 Å². The zero-order chi connectivity index (χ0) is 15.2. The number of carbonyl (C=O) groups is 1. The highest BCUT2D eigenvalue weighted by Gasteiger charge is 2.27. The normalized spacial score (nSPS) is 15.7. The fraction of sp³-hybridized carbons (Fsp3) is 0.733. The van der Waals surface area contributed by atoms with E-state index in [2.05, 4.69) is 28.9 Å². The maximum absolute atomic E-state index is 12.2. The molecular formula is C15H26N4OS. The van der Waals surface area contributed by atoms with Gasteiger partial charge in [-0.25, -0.2) is 0 Å². The molecule has 0 saturated heterocycles. The summed E-state index contributed by atoms with van der Waals surface area (Å²) in [6, 6.07) is 0.331. The monoisotopic (exact) mass is 310 g/mol. The maximum Gasteiger partial charge on any atom is 0.258 e. The Hall–Kier alpha value is -1.30. The predicted octanol–water partition coefficient (Wildman–Crippen LogP) is 3.25. The van der Waals surface area contributed by atoms with E-state index < -0.39 is 0 Å². The first kappa shape index (κ1) is 16.1. The van der Waals surface area contributed by atoms with Crippen molar-refractivity contribution in [1.29, 1.82) is 0 Å². The molecule has 6 heteroatoms. The summed E-state index contributed by atoms with van der Waals surface area (Å²) < 4.78 is 4.13. The summed E-state index contributed by atoms with van der Waals surface area (Å²) in [6.45, 7) is 5.30. The Balaban J connectivity index is 1.94. The first-order valence-electron chi connectivity index (χ1n) is 7.95. The number of nitrogens with two attached hydrogens (primary N) is 1. The minimum Gasteiger partial charge on any atom is -0.382 e. The molecule has 0 aliphatic heterocycles. The first-order valence-corrected chi connectivity index (χ1v) is 8.72. The van der Waals surface area contributed by atoms with Crippen molar-refractivity contribution in [3.8, 4) is 0 Å². The molecule has 1 aromatic rings. The van der Waals surface area contributed by atoms with Crippen molar-refractivity contribution in [3.63, 3.8) is 0 Å². The lowest BCUT2D eigenvalue weighted by Crippen LogP contribution is -2.27. The summed E-state index contributed by atoms with van der Waals surface area (Å²) in [6.07, 6.45) is 6.98. The number of carbonyl (C=O) groups excluding carboxylic acids is 1. The second-order valence-corrected chi connectivity index (χ2v) is 6.59. The third-order valence-corrected chi connectivity index (χ3v) is 4.77. The lowest BCUT2D eigenvalue weighted by atomic mass is 9.99. The van der Waals surface area contributed by atoms with Crippen molar-refractivity contribution in [1.82, 2.24) is 9.69 Å². The molecule has 118 valence electrons. The Bertz CT molecular complexity index is 470. The van der Waals surface area contributed by atoms with Gasteiger partial charge in [-0.05, 0) is 36.7 Å². The molecule has 1 heterocycles. The van der Waals surface area contributed by atoms with Gasteiger partial charge in [0, 0.05) is 12.6 Å². The summed E-state index contributed by atoms with van der Waals surface area (Å²) in [5.74, 6) is 0.878. The quantitative estimate of drug-likeness (QED) is 0.654. The van der Waals surface area contributed by atoms with Crippen molar-refractivity contribution in [2.45, 2.75) is 58.4 Å². The fourth-order valence-corrected chi connectivity index (χ4v) is 3.03. The van der Waals surface area contributed by atoms with Gasteiger partial charge >= 0.3 is 0 Å². The standard InChI is InChI=1S/C15H26N4OS/c1-3-5-6-10(4-2)9-17-15-12(13(16)19-21-15)14(20)18-11-7-8-11/h10-11,17H,3-9H2,1-2H3,(H2,16,19)(H,18,20). The maximum atomic E-state index is 12.2. The highest BCUT2D eigenvalue weighted by molar-refractivity contribution is 7.11. The molecule has 1 atom stereocenters. The molecule has 21 heavy (non-hydrogen) atoms. The Morgan fingerprint density at radius 3 is 2.86 bits per heavy atom. The third kappa shape index (κ3) is 4.59. The lowest BCUT2D eigenvalue weighted by molar-refractivity contribution is 0.0953. The van der Waals surface area contributed by atoms with E-state index in [0.29, 0.717) is 23.3 Å². The van der Waals surface area contributed by atoms with Gasteiger partial charge in [-0.15, -0.1) is 0 Å². The van der Waals surface area contributed by atoms with E-state index in [1.165, 1.54) is 30.8 Å². The summed E-state index contributed by atoms with van der Waals surface area (Å²) in [4.78, 5) is 12.2. The van der Waals surface area contributed by atoms with Crippen LogP contribution in [0.4, 0.5) is 10.8 Å². The van der Waals surface area contributed by atoms with Crippen LogP contribution < -0.4 is 16.4 Å². The molecule has 0 spiro atoms. The summed E-state index contributed by atoms with van der Waals surface area (Å²) >= 11 is 1.28. The van der Waals surface area contributed by atoms with Gasteiger partial charge in [0.25, 0.3) is 5.91 Å². The molecule has 1 saturated carbocycles. The van der Waals surface area contributed by atoms with Crippen LogP contribution in [0.1, 0.15) is 62.7 Å². The average molecular weight is 310 g/mol. The molecule has 1 aliphatic rings. The molecule has 1 fully saturated rings. The van der Waals surface area contributed by atoms with E-state index in [-0.39, 0.29) is 5.91 Å². The largest absolute Gasteiger partial charge is 0.382 e. The Morgan fingerprint density at radius 2 is 2.24 bits per heavy atom. The van der Waals surface area contributed by atoms with Gasteiger partial charge in [0.1, 0.15) is 10.6 Å². The minimum absolute atomic E-state index is 0.0899. The molecule has 0 aromatic carbocycles. The van der Waals surface area contributed by atoms with Crippen LogP contribution in [0.3, 0.4) is 0 Å².